The smallest absolute Gasteiger partial charge is 0.252 e. The maximum Gasteiger partial charge on any atom is 0.252 e. The largest absolute Gasteiger partial charge is 0.355 e. The molecule has 0 atom stereocenters. The van der Waals surface area contributed by atoms with Crippen LogP contribution in [0.1, 0.15) is 28.8 Å². The van der Waals surface area contributed by atoms with Crippen molar-refractivity contribution in [3.63, 3.8) is 0 Å². The predicted molar refractivity (Wildman–Crippen MR) is 94.5 cm³/mol. The van der Waals surface area contributed by atoms with Gasteiger partial charge in [-0.05, 0) is 24.5 Å². The molecule has 0 spiro atoms. The summed E-state index contributed by atoms with van der Waals surface area (Å²) in [7, 11) is 1.52. The molecule has 0 unspecified atom stereocenters. The summed E-state index contributed by atoms with van der Waals surface area (Å²) in [5.74, 6) is -0.534. The molecule has 6 nitrogen and oxygen atoms in total. The normalized spacial score (nSPS) is 14.6. The fourth-order valence-corrected chi connectivity index (χ4v) is 2.92. The molecule has 1 aliphatic rings. The average molecular weight is 339 g/mol. The van der Waals surface area contributed by atoms with Gasteiger partial charge >= 0.3 is 0 Å². The van der Waals surface area contributed by atoms with Gasteiger partial charge in [0.1, 0.15) is 6.54 Å². The maximum atomic E-state index is 12.2. The zero-order chi connectivity index (χ0) is 17.9. The first-order valence-electron chi connectivity index (χ1n) is 8.29. The average Bonchev–Trinajstić information content (AvgIpc) is 3.43. The molecule has 0 aliphatic heterocycles. The van der Waals surface area contributed by atoms with Crippen molar-refractivity contribution in [2.75, 3.05) is 13.6 Å². The van der Waals surface area contributed by atoms with Crippen molar-refractivity contribution in [1.82, 2.24) is 15.2 Å². The monoisotopic (exact) mass is 339 g/mol. The van der Waals surface area contributed by atoms with E-state index in [-0.39, 0.29) is 29.3 Å². The lowest BCUT2D eigenvalue weighted by Crippen LogP contribution is -2.37. The number of rotatable bonds is 6. The highest BCUT2D eigenvalue weighted by atomic mass is 16.2. The highest BCUT2D eigenvalue weighted by Gasteiger charge is 2.44. The topological polar surface area (TPSA) is 80.2 Å². The standard InChI is InChI=1S/C19H21N3O3/c1-20-18(25)14-7-8-17(24)22(11-14)12-16(23)21-13-19(9-10-19)15-5-3-2-4-6-15/h2-8,11H,9-10,12-13H2,1H3,(H,20,25)(H,21,23). The molecule has 2 N–H and O–H groups in total. The molecule has 0 bridgehead atoms. The molecule has 2 amide bonds. The van der Waals surface area contributed by atoms with Crippen molar-refractivity contribution in [1.29, 1.82) is 0 Å². The van der Waals surface area contributed by atoms with Crippen molar-refractivity contribution >= 4 is 11.8 Å². The van der Waals surface area contributed by atoms with Crippen LogP contribution in [0.5, 0.6) is 0 Å². The van der Waals surface area contributed by atoms with Crippen LogP contribution >= 0.6 is 0 Å². The summed E-state index contributed by atoms with van der Waals surface area (Å²) < 4.78 is 1.25. The van der Waals surface area contributed by atoms with E-state index in [4.69, 9.17) is 0 Å². The third kappa shape index (κ3) is 3.79. The lowest BCUT2D eigenvalue weighted by Gasteiger charge is -2.17. The maximum absolute atomic E-state index is 12.2. The van der Waals surface area contributed by atoms with Crippen molar-refractivity contribution in [2.45, 2.75) is 24.8 Å². The molecule has 1 aromatic carbocycles. The molecule has 6 heteroatoms. The summed E-state index contributed by atoms with van der Waals surface area (Å²) >= 11 is 0. The fraction of sp³-hybridized carbons (Fsp3) is 0.316. The number of benzene rings is 1. The third-order valence-electron chi connectivity index (χ3n) is 4.65. The molecule has 1 fully saturated rings. The molecule has 1 saturated carbocycles. The van der Waals surface area contributed by atoms with Crippen LogP contribution in [-0.2, 0) is 16.8 Å². The summed E-state index contributed by atoms with van der Waals surface area (Å²) in [4.78, 5) is 35.8. The van der Waals surface area contributed by atoms with Crippen molar-refractivity contribution in [2.24, 2.45) is 0 Å². The molecule has 25 heavy (non-hydrogen) atoms. The number of hydrogen-bond acceptors (Lipinski definition) is 3. The van der Waals surface area contributed by atoms with Gasteiger partial charge in [-0.2, -0.15) is 0 Å². The second kappa shape index (κ2) is 6.93. The van der Waals surface area contributed by atoms with Gasteiger partial charge < -0.3 is 15.2 Å². The number of carbonyl (C=O) groups is 2. The molecular weight excluding hydrogens is 318 g/mol. The second-order valence-electron chi connectivity index (χ2n) is 6.39. The molecule has 130 valence electrons. The Morgan fingerprint density at radius 3 is 2.48 bits per heavy atom. The van der Waals surface area contributed by atoms with Gasteiger partial charge in [0.05, 0.1) is 5.56 Å². The summed E-state index contributed by atoms with van der Waals surface area (Å²) in [5.41, 5.74) is 1.28. The van der Waals surface area contributed by atoms with Gasteiger partial charge in [0.25, 0.3) is 11.5 Å². The van der Waals surface area contributed by atoms with Crippen LogP contribution in [0, 0.1) is 0 Å². The lowest BCUT2D eigenvalue weighted by molar-refractivity contribution is -0.121. The fourth-order valence-electron chi connectivity index (χ4n) is 2.92. The Hall–Kier alpha value is -2.89. The van der Waals surface area contributed by atoms with Crippen LogP contribution in [0.3, 0.4) is 0 Å². The highest BCUT2D eigenvalue weighted by Crippen LogP contribution is 2.47. The van der Waals surface area contributed by atoms with E-state index in [1.54, 1.807) is 0 Å². The van der Waals surface area contributed by atoms with Crippen LogP contribution < -0.4 is 16.2 Å². The van der Waals surface area contributed by atoms with Gasteiger partial charge in [0.2, 0.25) is 5.91 Å². The minimum Gasteiger partial charge on any atom is -0.355 e. The zero-order valence-corrected chi connectivity index (χ0v) is 14.1. The molecular formula is C19H21N3O3. The summed E-state index contributed by atoms with van der Waals surface area (Å²) in [6.45, 7) is 0.453. The minimum absolute atomic E-state index is 0.0197. The molecule has 3 rings (SSSR count). The van der Waals surface area contributed by atoms with E-state index in [0.29, 0.717) is 12.1 Å². The van der Waals surface area contributed by atoms with Gasteiger partial charge in [-0.1, -0.05) is 30.3 Å². The summed E-state index contributed by atoms with van der Waals surface area (Å²) in [6, 6.07) is 12.9. The van der Waals surface area contributed by atoms with Gasteiger partial charge in [0.15, 0.2) is 0 Å². The van der Waals surface area contributed by atoms with Crippen LogP contribution in [0.15, 0.2) is 53.5 Å². The Labute approximate surface area is 145 Å². The van der Waals surface area contributed by atoms with Crippen LogP contribution in [0.4, 0.5) is 0 Å². The molecule has 1 aliphatic carbocycles. The number of nitrogens with zero attached hydrogens (tertiary/aromatic N) is 1. The molecule has 1 aromatic heterocycles. The van der Waals surface area contributed by atoms with E-state index >= 15 is 0 Å². The van der Waals surface area contributed by atoms with Crippen molar-refractivity contribution in [3.8, 4) is 0 Å². The predicted octanol–water partition coefficient (Wildman–Crippen LogP) is 1.06. The number of aromatic nitrogens is 1. The Morgan fingerprint density at radius 1 is 1.12 bits per heavy atom. The summed E-state index contributed by atoms with van der Waals surface area (Å²) in [6.07, 6.45) is 3.50. The first kappa shape index (κ1) is 17.0. The zero-order valence-electron chi connectivity index (χ0n) is 14.1. The molecule has 2 aromatic rings. The second-order valence-corrected chi connectivity index (χ2v) is 6.39. The van der Waals surface area contributed by atoms with E-state index in [2.05, 4.69) is 22.8 Å². The number of amides is 2. The molecule has 1 heterocycles. The molecule has 0 radical (unpaired) electrons. The van der Waals surface area contributed by atoms with Gasteiger partial charge in [-0.15, -0.1) is 0 Å². The highest BCUT2D eigenvalue weighted by molar-refractivity contribution is 5.93. The number of pyridine rings is 1. The van der Waals surface area contributed by atoms with Crippen LogP contribution in [0.2, 0.25) is 0 Å². The third-order valence-corrected chi connectivity index (χ3v) is 4.65. The first-order chi connectivity index (χ1) is 12.0. The van der Waals surface area contributed by atoms with E-state index in [1.807, 2.05) is 18.2 Å². The van der Waals surface area contributed by atoms with E-state index in [9.17, 15) is 14.4 Å². The van der Waals surface area contributed by atoms with Crippen LogP contribution in [-0.4, -0.2) is 30.0 Å². The number of carbonyl (C=O) groups excluding carboxylic acids is 2. The van der Waals surface area contributed by atoms with Gasteiger partial charge in [-0.3, -0.25) is 14.4 Å². The Kier molecular flexibility index (Phi) is 4.70. The Bertz CT molecular complexity index is 838. The Balaban J connectivity index is 1.64. The number of nitrogens with one attached hydrogen (secondary N) is 2. The SMILES string of the molecule is CNC(=O)c1ccc(=O)n(CC(=O)NCC2(c3ccccc3)CC2)c1. The van der Waals surface area contributed by atoms with Gasteiger partial charge in [0, 0.05) is 31.3 Å². The summed E-state index contributed by atoms with van der Waals surface area (Å²) in [5, 5.41) is 5.42. The van der Waals surface area contributed by atoms with E-state index in [0.717, 1.165) is 12.8 Å². The quantitative estimate of drug-likeness (QED) is 0.826. The van der Waals surface area contributed by atoms with E-state index in [1.165, 1.54) is 35.5 Å². The van der Waals surface area contributed by atoms with Crippen molar-refractivity contribution < 1.29 is 9.59 Å². The minimum atomic E-state index is -0.313. The number of hydrogen-bond donors (Lipinski definition) is 2. The molecule has 0 saturated heterocycles. The van der Waals surface area contributed by atoms with Crippen LogP contribution in [0.25, 0.3) is 0 Å². The Morgan fingerprint density at radius 2 is 1.84 bits per heavy atom. The first-order valence-corrected chi connectivity index (χ1v) is 8.29. The van der Waals surface area contributed by atoms with Gasteiger partial charge in [-0.25, -0.2) is 0 Å². The van der Waals surface area contributed by atoms with E-state index < -0.39 is 0 Å². The lowest BCUT2D eigenvalue weighted by atomic mass is 9.96. The van der Waals surface area contributed by atoms with Crippen molar-refractivity contribution in [3.05, 3.63) is 70.1 Å².